The first-order chi connectivity index (χ1) is 9.33. The molecule has 1 saturated heterocycles. The standard InChI is InChI=1S/C14H17BrN4/c15-12-6-2-1-5-11(12)9-19-10-14(17-18-19)13-7-3-4-8-16-13/h1-2,5-6,10,13,16H,3-4,7-9H2. The van der Waals surface area contributed by atoms with Crippen LogP contribution in [0, 0.1) is 0 Å². The van der Waals surface area contributed by atoms with Gasteiger partial charge in [-0.05, 0) is 31.0 Å². The van der Waals surface area contributed by atoms with Gasteiger partial charge in [-0.15, -0.1) is 5.10 Å². The Bertz CT molecular complexity index is 546. The summed E-state index contributed by atoms with van der Waals surface area (Å²) in [6.45, 7) is 1.84. The number of rotatable bonds is 3. The van der Waals surface area contributed by atoms with E-state index in [9.17, 15) is 0 Å². The maximum atomic E-state index is 4.30. The molecule has 0 aliphatic carbocycles. The summed E-state index contributed by atoms with van der Waals surface area (Å²) in [5.74, 6) is 0. The Morgan fingerprint density at radius 1 is 1.32 bits per heavy atom. The zero-order chi connectivity index (χ0) is 13.1. The van der Waals surface area contributed by atoms with Crippen molar-refractivity contribution in [2.45, 2.75) is 31.8 Å². The van der Waals surface area contributed by atoms with Crippen LogP contribution in [0.2, 0.25) is 0 Å². The van der Waals surface area contributed by atoms with E-state index in [2.05, 4.69) is 49.9 Å². The molecule has 4 nitrogen and oxygen atoms in total. The summed E-state index contributed by atoms with van der Waals surface area (Å²) in [4.78, 5) is 0. The Hall–Kier alpha value is -1.20. The molecule has 0 radical (unpaired) electrons. The van der Waals surface area contributed by atoms with Crippen LogP contribution in [0.25, 0.3) is 0 Å². The molecule has 2 aromatic rings. The topological polar surface area (TPSA) is 42.7 Å². The quantitative estimate of drug-likeness (QED) is 0.945. The van der Waals surface area contributed by atoms with Gasteiger partial charge in [0.2, 0.25) is 0 Å². The van der Waals surface area contributed by atoms with E-state index in [4.69, 9.17) is 0 Å². The normalized spacial score (nSPS) is 19.5. The summed E-state index contributed by atoms with van der Waals surface area (Å²) in [5, 5.41) is 12.0. The van der Waals surface area contributed by atoms with Gasteiger partial charge in [-0.2, -0.15) is 0 Å². The van der Waals surface area contributed by atoms with Crippen molar-refractivity contribution in [1.82, 2.24) is 20.3 Å². The lowest BCUT2D eigenvalue weighted by Crippen LogP contribution is -2.27. The van der Waals surface area contributed by atoms with Gasteiger partial charge in [-0.3, -0.25) is 0 Å². The maximum absolute atomic E-state index is 4.30. The molecular weight excluding hydrogens is 304 g/mol. The van der Waals surface area contributed by atoms with Crippen molar-refractivity contribution in [3.63, 3.8) is 0 Å². The highest BCUT2D eigenvalue weighted by atomic mass is 79.9. The van der Waals surface area contributed by atoms with Crippen molar-refractivity contribution >= 4 is 15.9 Å². The molecule has 0 bridgehead atoms. The van der Waals surface area contributed by atoms with Crippen molar-refractivity contribution in [3.05, 3.63) is 46.2 Å². The second-order valence-electron chi connectivity index (χ2n) is 4.93. The largest absolute Gasteiger partial charge is 0.309 e. The maximum Gasteiger partial charge on any atom is 0.0996 e. The van der Waals surface area contributed by atoms with Crippen LogP contribution in [0.5, 0.6) is 0 Å². The molecule has 5 heteroatoms. The third kappa shape index (κ3) is 3.04. The van der Waals surface area contributed by atoms with Gasteiger partial charge in [0.1, 0.15) is 0 Å². The molecule has 0 spiro atoms. The van der Waals surface area contributed by atoms with Crippen molar-refractivity contribution in [3.8, 4) is 0 Å². The second-order valence-corrected chi connectivity index (χ2v) is 5.79. The Morgan fingerprint density at radius 3 is 3.00 bits per heavy atom. The predicted molar refractivity (Wildman–Crippen MR) is 77.9 cm³/mol. The van der Waals surface area contributed by atoms with E-state index in [1.54, 1.807) is 0 Å². The van der Waals surface area contributed by atoms with Crippen LogP contribution in [0.1, 0.15) is 36.6 Å². The first-order valence-corrected chi connectivity index (χ1v) is 7.49. The monoisotopic (exact) mass is 320 g/mol. The fourth-order valence-corrected chi connectivity index (χ4v) is 2.87. The highest BCUT2D eigenvalue weighted by molar-refractivity contribution is 9.10. The number of hydrogen-bond donors (Lipinski definition) is 1. The lowest BCUT2D eigenvalue weighted by molar-refractivity contribution is 0.405. The fourth-order valence-electron chi connectivity index (χ4n) is 2.46. The molecule has 100 valence electrons. The van der Waals surface area contributed by atoms with Crippen LogP contribution in [0.15, 0.2) is 34.9 Å². The van der Waals surface area contributed by atoms with E-state index in [-0.39, 0.29) is 0 Å². The van der Waals surface area contributed by atoms with Crippen LogP contribution in [0.4, 0.5) is 0 Å². The first-order valence-electron chi connectivity index (χ1n) is 6.70. The van der Waals surface area contributed by atoms with E-state index in [0.29, 0.717) is 6.04 Å². The van der Waals surface area contributed by atoms with E-state index < -0.39 is 0 Å². The van der Waals surface area contributed by atoms with E-state index >= 15 is 0 Å². The summed E-state index contributed by atoms with van der Waals surface area (Å²) < 4.78 is 3.02. The molecular formula is C14H17BrN4. The highest BCUT2D eigenvalue weighted by Gasteiger charge is 2.17. The highest BCUT2D eigenvalue weighted by Crippen LogP contribution is 2.21. The number of halogens is 1. The molecule has 1 atom stereocenters. The third-order valence-electron chi connectivity index (χ3n) is 3.51. The number of nitrogens with zero attached hydrogens (tertiary/aromatic N) is 3. The SMILES string of the molecule is Brc1ccccc1Cn1cc(C2CCCCN2)nn1. The lowest BCUT2D eigenvalue weighted by Gasteiger charge is -2.20. The molecule has 1 N–H and O–H groups in total. The Balaban J connectivity index is 1.73. The number of hydrogen-bond acceptors (Lipinski definition) is 3. The lowest BCUT2D eigenvalue weighted by atomic mass is 10.0. The van der Waals surface area contributed by atoms with E-state index in [1.165, 1.54) is 18.4 Å². The number of benzene rings is 1. The molecule has 19 heavy (non-hydrogen) atoms. The minimum Gasteiger partial charge on any atom is -0.309 e. The summed E-state index contributed by atoms with van der Waals surface area (Å²) >= 11 is 3.56. The predicted octanol–water partition coefficient (Wildman–Crippen LogP) is 2.90. The van der Waals surface area contributed by atoms with Gasteiger partial charge in [-0.1, -0.05) is 45.8 Å². The van der Waals surface area contributed by atoms with Gasteiger partial charge in [-0.25, -0.2) is 4.68 Å². The van der Waals surface area contributed by atoms with Crippen LogP contribution < -0.4 is 5.32 Å². The first kappa shape index (κ1) is 12.8. The average Bonchev–Trinajstić information content (AvgIpc) is 2.91. The van der Waals surface area contributed by atoms with Crippen molar-refractivity contribution in [2.75, 3.05) is 6.54 Å². The van der Waals surface area contributed by atoms with Crippen molar-refractivity contribution < 1.29 is 0 Å². The number of aromatic nitrogens is 3. The molecule has 2 heterocycles. The second kappa shape index (κ2) is 5.84. The van der Waals surface area contributed by atoms with E-state index in [1.807, 2.05) is 16.8 Å². The third-order valence-corrected chi connectivity index (χ3v) is 4.29. The van der Waals surface area contributed by atoms with Gasteiger partial charge >= 0.3 is 0 Å². The summed E-state index contributed by atoms with van der Waals surface area (Å²) in [7, 11) is 0. The Morgan fingerprint density at radius 2 is 2.21 bits per heavy atom. The molecule has 0 saturated carbocycles. The minimum absolute atomic E-state index is 0.377. The zero-order valence-corrected chi connectivity index (χ0v) is 12.3. The van der Waals surface area contributed by atoms with Gasteiger partial charge in [0.25, 0.3) is 0 Å². The van der Waals surface area contributed by atoms with Crippen molar-refractivity contribution in [1.29, 1.82) is 0 Å². The minimum atomic E-state index is 0.377. The van der Waals surface area contributed by atoms with Crippen LogP contribution in [0.3, 0.4) is 0 Å². The molecule has 1 unspecified atom stereocenters. The van der Waals surface area contributed by atoms with Crippen LogP contribution in [-0.2, 0) is 6.54 Å². The summed E-state index contributed by atoms with van der Waals surface area (Å²) in [6, 6.07) is 8.59. The van der Waals surface area contributed by atoms with Crippen molar-refractivity contribution in [2.24, 2.45) is 0 Å². The Kier molecular flexibility index (Phi) is 3.94. The summed E-state index contributed by atoms with van der Waals surface area (Å²) in [5.41, 5.74) is 2.28. The van der Waals surface area contributed by atoms with Crippen LogP contribution >= 0.6 is 15.9 Å². The molecule has 3 rings (SSSR count). The smallest absolute Gasteiger partial charge is 0.0996 e. The summed E-state index contributed by atoms with van der Waals surface area (Å²) in [6.07, 6.45) is 5.76. The molecule has 1 fully saturated rings. The number of piperidine rings is 1. The molecule has 1 aromatic heterocycles. The molecule has 1 aliphatic rings. The molecule has 0 amide bonds. The van der Waals surface area contributed by atoms with Gasteiger partial charge in [0.05, 0.1) is 24.5 Å². The Labute approximate surface area is 121 Å². The van der Waals surface area contributed by atoms with Crippen LogP contribution in [-0.4, -0.2) is 21.5 Å². The molecule has 1 aromatic carbocycles. The number of nitrogens with one attached hydrogen (secondary N) is 1. The van der Waals surface area contributed by atoms with E-state index in [0.717, 1.165) is 29.7 Å². The average molecular weight is 321 g/mol. The zero-order valence-electron chi connectivity index (χ0n) is 10.7. The van der Waals surface area contributed by atoms with Gasteiger partial charge < -0.3 is 5.32 Å². The van der Waals surface area contributed by atoms with Gasteiger partial charge in [0.15, 0.2) is 0 Å². The molecule has 1 aliphatic heterocycles. The van der Waals surface area contributed by atoms with Gasteiger partial charge in [0, 0.05) is 4.47 Å². The fraction of sp³-hybridized carbons (Fsp3) is 0.429.